The number of aliphatic carboxylic acids is 1. The maximum absolute atomic E-state index is 11.8. The second-order valence-corrected chi connectivity index (χ2v) is 4.61. The number of fused-ring (bicyclic) bond motifs is 3. The van der Waals surface area contributed by atoms with Gasteiger partial charge in [-0.1, -0.05) is 24.3 Å². The van der Waals surface area contributed by atoms with Gasteiger partial charge in [-0.25, -0.2) is 0 Å². The number of amides is 1. The van der Waals surface area contributed by atoms with Crippen LogP contribution in [0.2, 0.25) is 0 Å². The van der Waals surface area contributed by atoms with E-state index in [4.69, 9.17) is 9.84 Å². The van der Waals surface area contributed by atoms with E-state index in [1.54, 1.807) is 0 Å². The quantitative estimate of drug-likeness (QED) is 0.830. The van der Waals surface area contributed by atoms with Crippen molar-refractivity contribution in [3.8, 4) is 0 Å². The van der Waals surface area contributed by atoms with Crippen LogP contribution in [0.25, 0.3) is 0 Å². The lowest BCUT2D eigenvalue weighted by Crippen LogP contribution is -2.49. The van der Waals surface area contributed by atoms with E-state index in [1.807, 2.05) is 24.3 Å². The molecule has 1 aliphatic carbocycles. The maximum atomic E-state index is 11.8. The topological polar surface area (TPSA) is 66.8 Å². The number of morpholine rings is 1. The summed E-state index contributed by atoms with van der Waals surface area (Å²) in [5, 5.41) is 8.92. The molecule has 2 atom stereocenters. The van der Waals surface area contributed by atoms with E-state index in [0.717, 1.165) is 17.5 Å². The highest BCUT2D eigenvalue weighted by Crippen LogP contribution is 2.39. The van der Waals surface area contributed by atoms with E-state index < -0.39 is 5.97 Å². The number of carboxylic acid groups (broad SMARTS) is 1. The number of nitrogens with zero attached hydrogens (tertiary/aromatic N) is 1. The molecule has 1 aromatic rings. The van der Waals surface area contributed by atoms with Gasteiger partial charge in [0.25, 0.3) is 0 Å². The zero-order valence-corrected chi connectivity index (χ0v) is 9.70. The Hall–Kier alpha value is -1.88. The van der Waals surface area contributed by atoms with Gasteiger partial charge in [0.1, 0.15) is 13.2 Å². The summed E-state index contributed by atoms with van der Waals surface area (Å²) >= 11 is 0. The van der Waals surface area contributed by atoms with Gasteiger partial charge in [0.2, 0.25) is 5.91 Å². The van der Waals surface area contributed by atoms with Crippen molar-refractivity contribution in [3.63, 3.8) is 0 Å². The van der Waals surface area contributed by atoms with Gasteiger partial charge >= 0.3 is 5.97 Å². The summed E-state index contributed by atoms with van der Waals surface area (Å²) in [7, 11) is 0. The third-order valence-corrected chi connectivity index (χ3v) is 3.53. The Bertz CT molecular complexity index is 513. The number of hydrogen-bond acceptors (Lipinski definition) is 3. The van der Waals surface area contributed by atoms with Gasteiger partial charge in [0.05, 0.1) is 12.1 Å². The molecule has 1 aromatic carbocycles. The molecule has 0 spiro atoms. The Morgan fingerprint density at radius 2 is 2.22 bits per heavy atom. The van der Waals surface area contributed by atoms with E-state index in [0.29, 0.717) is 0 Å². The molecule has 18 heavy (non-hydrogen) atoms. The molecule has 0 radical (unpaired) electrons. The van der Waals surface area contributed by atoms with Crippen molar-refractivity contribution in [2.75, 3.05) is 13.2 Å². The van der Waals surface area contributed by atoms with Crippen LogP contribution in [-0.4, -0.2) is 41.1 Å². The smallest absolute Gasteiger partial charge is 0.323 e. The third-order valence-electron chi connectivity index (χ3n) is 3.53. The molecule has 5 heteroatoms. The van der Waals surface area contributed by atoms with Crippen molar-refractivity contribution in [3.05, 3.63) is 35.4 Å². The fourth-order valence-corrected chi connectivity index (χ4v) is 2.80. The summed E-state index contributed by atoms with van der Waals surface area (Å²) in [5.74, 6) is -1.25. The van der Waals surface area contributed by atoms with Crippen molar-refractivity contribution in [2.24, 2.45) is 0 Å². The molecule has 0 bridgehead atoms. The van der Waals surface area contributed by atoms with Gasteiger partial charge < -0.3 is 14.7 Å². The van der Waals surface area contributed by atoms with Crippen LogP contribution in [0.15, 0.2) is 24.3 Å². The van der Waals surface area contributed by atoms with Crippen molar-refractivity contribution in [2.45, 2.75) is 18.6 Å². The van der Waals surface area contributed by atoms with Gasteiger partial charge in [0, 0.05) is 6.42 Å². The monoisotopic (exact) mass is 247 g/mol. The molecule has 94 valence electrons. The average Bonchev–Trinajstić information content (AvgIpc) is 2.71. The van der Waals surface area contributed by atoms with Crippen LogP contribution < -0.4 is 0 Å². The molecule has 1 unspecified atom stereocenters. The van der Waals surface area contributed by atoms with Crippen LogP contribution in [0.3, 0.4) is 0 Å². The number of carbonyl (C=O) groups excluding carboxylic acids is 1. The summed E-state index contributed by atoms with van der Waals surface area (Å²) in [6.07, 6.45) is 0.629. The van der Waals surface area contributed by atoms with Crippen molar-refractivity contribution >= 4 is 11.9 Å². The van der Waals surface area contributed by atoms with E-state index >= 15 is 0 Å². The molecule has 1 amide bonds. The Morgan fingerprint density at radius 3 is 3.00 bits per heavy atom. The summed E-state index contributed by atoms with van der Waals surface area (Å²) < 4.78 is 5.52. The molecule has 0 aromatic heterocycles. The molecule has 0 saturated carbocycles. The second kappa shape index (κ2) is 4.10. The fourth-order valence-electron chi connectivity index (χ4n) is 2.80. The molecule has 1 N–H and O–H groups in total. The number of carboxylic acids is 1. The van der Waals surface area contributed by atoms with Crippen LogP contribution in [0.4, 0.5) is 0 Å². The van der Waals surface area contributed by atoms with Crippen LogP contribution in [0, 0.1) is 0 Å². The van der Waals surface area contributed by atoms with Gasteiger partial charge in [0.15, 0.2) is 0 Å². The number of hydrogen-bond donors (Lipinski definition) is 1. The lowest BCUT2D eigenvalue weighted by atomic mass is 10.0. The summed E-state index contributed by atoms with van der Waals surface area (Å²) in [6.45, 7) is -0.292. The minimum atomic E-state index is -0.992. The van der Waals surface area contributed by atoms with Crippen LogP contribution >= 0.6 is 0 Å². The highest BCUT2D eigenvalue weighted by atomic mass is 16.5. The molecular weight excluding hydrogens is 234 g/mol. The zero-order valence-electron chi connectivity index (χ0n) is 9.70. The van der Waals surface area contributed by atoms with Crippen LogP contribution in [0.5, 0.6) is 0 Å². The predicted molar refractivity (Wildman–Crippen MR) is 62.0 cm³/mol. The lowest BCUT2D eigenvalue weighted by molar-refractivity contribution is -0.162. The average molecular weight is 247 g/mol. The van der Waals surface area contributed by atoms with Crippen LogP contribution in [-0.2, 0) is 20.7 Å². The minimum Gasteiger partial charge on any atom is -0.480 e. The Kier molecular flexibility index (Phi) is 2.56. The first-order valence-electron chi connectivity index (χ1n) is 5.87. The standard InChI is InChI=1S/C13H13NO4/c15-11-7-18-10-5-8-3-1-2-4-9(8)13(10)14(11)6-12(16)17/h1-4,10,13H,5-7H2,(H,16,17)/t10-,13?/m0/s1. The van der Waals surface area contributed by atoms with Gasteiger partial charge in [-0.15, -0.1) is 0 Å². The van der Waals surface area contributed by atoms with Gasteiger partial charge in [-0.2, -0.15) is 0 Å². The number of rotatable bonds is 2. The van der Waals surface area contributed by atoms with Crippen molar-refractivity contribution in [1.29, 1.82) is 0 Å². The lowest BCUT2D eigenvalue weighted by Gasteiger charge is -2.36. The normalized spacial score (nSPS) is 25.8. The zero-order chi connectivity index (χ0) is 12.7. The predicted octanol–water partition coefficient (Wildman–Crippen LogP) is 0.596. The molecule has 1 saturated heterocycles. The first-order chi connectivity index (χ1) is 8.66. The third kappa shape index (κ3) is 1.67. The van der Waals surface area contributed by atoms with E-state index in [1.165, 1.54) is 4.90 Å². The van der Waals surface area contributed by atoms with Crippen molar-refractivity contribution in [1.82, 2.24) is 4.90 Å². The summed E-state index contributed by atoms with van der Waals surface area (Å²) in [5.41, 5.74) is 2.15. The maximum Gasteiger partial charge on any atom is 0.323 e. The molecule has 1 heterocycles. The number of ether oxygens (including phenoxy) is 1. The summed E-state index contributed by atoms with van der Waals surface area (Å²) in [4.78, 5) is 24.1. The van der Waals surface area contributed by atoms with E-state index in [9.17, 15) is 9.59 Å². The molecular formula is C13H13NO4. The SMILES string of the molecule is O=C(O)CN1C(=O)CO[C@H]2Cc3ccccc3C21. The molecule has 5 nitrogen and oxygen atoms in total. The van der Waals surface area contributed by atoms with Gasteiger partial charge in [-0.05, 0) is 11.1 Å². The Morgan fingerprint density at radius 1 is 1.44 bits per heavy atom. The highest BCUT2D eigenvalue weighted by molar-refractivity contribution is 5.83. The summed E-state index contributed by atoms with van der Waals surface area (Å²) in [6, 6.07) is 7.54. The molecule has 2 aliphatic rings. The van der Waals surface area contributed by atoms with Crippen LogP contribution in [0.1, 0.15) is 17.2 Å². The van der Waals surface area contributed by atoms with E-state index in [-0.39, 0.29) is 31.2 Å². The fraction of sp³-hybridized carbons (Fsp3) is 0.385. The Balaban J connectivity index is 1.98. The molecule has 3 rings (SSSR count). The first kappa shape index (κ1) is 11.2. The van der Waals surface area contributed by atoms with Crippen molar-refractivity contribution < 1.29 is 19.4 Å². The second-order valence-electron chi connectivity index (χ2n) is 4.61. The van der Waals surface area contributed by atoms with Gasteiger partial charge in [-0.3, -0.25) is 9.59 Å². The molecule has 1 fully saturated rings. The minimum absolute atomic E-state index is 0.0254. The highest BCUT2D eigenvalue weighted by Gasteiger charge is 2.43. The number of benzene rings is 1. The largest absolute Gasteiger partial charge is 0.480 e. The first-order valence-corrected chi connectivity index (χ1v) is 5.87. The number of carbonyl (C=O) groups is 2. The van der Waals surface area contributed by atoms with E-state index in [2.05, 4.69) is 0 Å². The molecule has 1 aliphatic heterocycles. The Labute approximate surface area is 104 Å².